The molecule has 0 bridgehead atoms. The van der Waals surface area contributed by atoms with Crippen LogP contribution in [0.1, 0.15) is 17.5 Å². The molecule has 0 spiro atoms. The number of quaternary nitrogens is 1. The van der Waals surface area contributed by atoms with Gasteiger partial charge < -0.3 is 10.2 Å². The predicted octanol–water partition coefficient (Wildman–Crippen LogP) is 2.52. The minimum absolute atomic E-state index is 0.106. The van der Waals surface area contributed by atoms with E-state index >= 15 is 0 Å². The normalized spacial score (nSPS) is 16.6. The zero-order chi connectivity index (χ0) is 17.6. The molecule has 1 atom stereocenters. The number of benzene rings is 2. The fourth-order valence-corrected chi connectivity index (χ4v) is 3.17. The van der Waals surface area contributed by atoms with Crippen LogP contribution in [0.5, 0.6) is 0 Å². The standard InChI is InChI=1S/C20H18ClN3O/c21-18-7-6-17(13-22)19(12-18)23-20(25)14-24-10-8-16(9-11-24)15-4-2-1-3-5-15/h1-8,12H,9-11,14H2,(H,23,25)/p+1. The van der Waals surface area contributed by atoms with E-state index in [1.807, 2.05) is 18.2 Å². The SMILES string of the molecule is N#Cc1ccc(Cl)cc1NC(=O)C[NH+]1CC=C(c2ccccc2)CC1. The van der Waals surface area contributed by atoms with Crippen molar-refractivity contribution in [3.05, 3.63) is 70.8 Å². The van der Waals surface area contributed by atoms with Crippen molar-refractivity contribution in [2.45, 2.75) is 6.42 Å². The van der Waals surface area contributed by atoms with Crippen molar-refractivity contribution < 1.29 is 9.69 Å². The second kappa shape index (κ2) is 7.98. The number of nitrogens with one attached hydrogen (secondary N) is 2. The van der Waals surface area contributed by atoms with E-state index in [-0.39, 0.29) is 5.91 Å². The Balaban J connectivity index is 1.59. The third-order valence-corrected chi connectivity index (χ3v) is 4.55. The monoisotopic (exact) mass is 352 g/mol. The van der Waals surface area contributed by atoms with Crippen LogP contribution in [-0.2, 0) is 4.79 Å². The van der Waals surface area contributed by atoms with Gasteiger partial charge in [-0.1, -0.05) is 41.9 Å². The van der Waals surface area contributed by atoms with Crippen LogP contribution in [-0.4, -0.2) is 25.5 Å². The van der Waals surface area contributed by atoms with E-state index < -0.39 is 0 Å². The first-order chi connectivity index (χ1) is 12.2. The second-order valence-electron chi connectivity index (χ2n) is 6.08. The molecule has 1 amide bonds. The van der Waals surface area contributed by atoms with Crippen molar-refractivity contribution in [3.8, 4) is 6.07 Å². The van der Waals surface area contributed by atoms with Gasteiger partial charge in [0.15, 0.2) is 6.54 Å². The highest BCUT2D eigenvalue weighted by molar-refractivity contribution is 6.31. The molecule has 25 heavy (non-hydrogen) atoms. The first-order valence-electron chi connectivity index (χ1n) is 8.23. The predicted molar refractivity (Wildman–Crippen MR) is 99.4 cm³/mol. The molecular formula is C20H19ClN3O+. The van der Waals surface area contributed by atoms with Gasteiger partial charge in [-0.15, -0.1) is 0 Å². The van der Waals surface area contributed by atoms with E-state index in [4.69, 9.17) is 16.9 Å². The molecule has 0 aromatic heterocycles. The van der Waals surface area contributed by atoms with Crippen molar-refractivity contribution in [2.24, 2.45) is 0 Å². The maximum atomic E-state index is 12.3. The number of carbonyl (C=O) groups excluding carboxylic acids is 1. The van der Waals surface area contributed by atoms with Crippen LogP contribution in [0.4, 0.5) is 5.69 Å². The minimum Gasteiger partial charge on any atom is -0.324 e. The molecule has 2 N–H and O–H groups in total. The first-order valence-corrected chi connectivity index (χ1v) is 8.61. The lowest BCUT2D eigenvalue weighted by molar-refractivity contribution is -0.886. The number of nitrogens with zero attached hydrogens (tertiary/aromatic N) is 1. The summed E-state index contributed by atoms with van der Waals surface area (Å²) >= 11 is 5.95. The summed E-state index contributed by atoms with van der Waals surface area (Å²) in [4.78, 5) is 13.5. The van der Waals surface area contributed by atoms with Gasteiger partial charge >= 0.3 is 0 Å². The molecule has 1 unspecified atom stereocenters. The van der Waals surface area contributed by atoms with Crippen LogP contribution in [0, 0.1) is 11.3 Å². The molecule has 1 aliphatic rings. The Kier molecular flexibility index (Phi) is 5.49. The zero-order valence-corrected chi connectivity index (χ0v) is 14.5. The molecule has 126 valence electrons. The van der Waals surface area contributed by atoms with Crippen LogP contribution in [0.25, 0.3) is 5.57 Å². The van der Waals surface area contributed by atoms with E-state index in [1.54, 1.807) is 18.2 Å². The molecule has 4 nitrogen and oxygen atoms in total. The van der Waals surface area contributed by atoms with Gasteiger partial charge in [0.2, 0.25) is 0 Å². The molecule has 0 fully saturated rings. The molecule has 2 aromatic carbocycles. The molecule has 2 aromatic rings. The van der Waals surface area contributed by atoms with Gasteiger partial charge in [-0.3, -0.25) is 4.79 Å². The average Bonchev–Trinajstić information content (AvgIpc) is 2.63. The highest BCUT2D eigenvalue weighted by Crippen LogP contribution is 2.20. The minimum atomic E-state index is -0.106. The Morgan fingerprint density at radius 1 is 1.24 bits per heavy atom. The van der Waals surface area contributed by atoms with E-state index in [9.17, 15) is 4.79 Å². The third-order valence-electron chi connectivity index (χ3n) is 4.32. The number of hydrogen-bond donors (Lipinski definition) is 2. The summed E-state index contributed by atoms with van der Waals surface area (Å²) in [7, 11) is 0. The maximum absolute atomic E-state index is 12.3. The molecular weight excluding hydrogens is 334 g/mol. The van der Waals surface area contributed by atoms with Gasteiger partial charge in [-0.2, -0.15) is 5.26 Å². The van der Waals surface area contributed by atoms with E-state index in [2.05, 4.69) is 29.6 Å². The number of rotatable bonds is 4. The number of anilines is 1. The fourth-order valence-electron chi connectivity index (χ4n) is 3.00. The van der Waals surface area contributed by atoms with Crippen molar-refractivity contribution in [1.82, 2.24) is 0 Å². The summed E-state index contributed by atoms with van der Waals surface area (Å²) in [5.74, 6) is -0.106. The quantitative estimate of drug-likeness (QED) is 0.888. The Morgan fingerprint density at radius 3 is 2.72 bits per heavy atom. The molecule has 0 aliphatic carbocycles. The lowest BCUT2D eigenvalue weighted by Gasteiger charge is -2.23. The topological polar surface area (TPSA) is 57.3 Å². The molecule has 0 saturated carbocycles. The Bertz CT molecular complexity index is 840. The summed E-state index contributed by atoms with van der Waals surface area (Å²) < 4.78 is 0. The van der Waals surface area contributed by atoms with Crippen LogP contribution >= 0.6 is 11.6 Å². The highest BCUT2D eigenvalue weighted by atomic mass is 35.5. The number of amides is 1. The molecule has 1 aliphatic heterocycles. The summed E-state index contributed by atoms with van der Waals surface area (Å²) in [6.07, 6.45) is 3.16. The van der Waals surface area contributed by atoms with Crippen LogP contribution in [0.2, 0.25) is 5.02 Å². The second-order valence-corrected chi connectivity index (χ2v) is 6.51. The van der Waals surface area contributed by atoms with Gasteiger partial charge in [0, 0.05) is 11.4 Å². The van der Waals surface area contributed by atoms with E-state index in [0.29, 0.717) is 22.8 Å². The van der Waals surface area contributed by atoms with Crippen LogP contribution in [0.15, 0.2) is 54.6 Å². The smallest absolute Gasteiger partial charge is 0.279 e. The average molecular weight is 353 g/mol. The Hall–Kier alpha value is -2.61. The molecule has 3 rings (SSSR count). The van der Waals surface area contributed by atoms with Crippen molar-refractivity contribution >= 4 is 28.8 Å². The number of halogens is 1. The Morgan fingerprint density at radius 2 is 2.04 bits per heavy atom. The first kappa shape index (κ1) is 17.2. The van der Waals surface area contributed by atoms with Gasteiger partial charge in [-0.05, 0) is 35.4 Å². The lowest BCUT2D eigenvalue weighted by atomic mass is 10.00. The largest absolute Gasteiger partial charge is 0.324 e. The number of hydrogen-bond acceptors (Lipinski definition) is 2. The lowest BCUT2D eigenvalue weighted by Crippen LogP contribution is -3.13. The fraction of sp³-hybridized carbons (Fsp3) is 0.200. The third kappa shape index (κ3) is 4.48. The van der Waals surface area contributed by atoms with E-state index in [0.717, 1.165) is 19.5 Å². The van der Waals surface area contributed by atoms with Crippen molar-refractivity contribution in [1.29, 1.82) is 5.26 Å². The molecule has 0 radical (unpaired) electrons. The maximum Gasteiger partial charge on any atom is 0.279 e. The van der Waals surface area contributed by atoms with Gasteiger partial charge in [0.25, 0.3) is 5.91 Å². The summed E-state index contributed by atoms with van der Waals surface area (Å²) in [5, 5.41) is 12.4. The highest BCUT2D eigenvalue weighted by Gasteiger charge is 2.19. The van der Waals surface area contributed by atoms with Crippen LogP contribution < -0.4 is 10.2 Å². The summed E-state index contributed by atoms with van der Waals surface area (Å²) in [5.41, 5.74) is 3.48. The summed E-state index contributed by atoms with van der Waals surface area (Å²) in [6.45, 7) is 2.10. The van der Waals surface area contributed by atoms with Crippen LogP contribution in [0.3, 0.4) is 0 Å². The number of carbonyl (C=O) groups is 1. The molecule has 1 heterocycles. The zero-order valence-electron chi connectivity index (χ0n) is 13.8. The number of nitriles is 1. The van der Waals surface area contributed by atoms with Crippen molar-refractivity contribution in [2.75, 3.05) is 25.0 Å². The van der Waals surface area contributed by atoms with Gasteiger partial charge in [0.1, 0.15) is 6.07 Å². The molecule has 5 heteroatoms. The van der Waals surface area contributed by atoms with Gasteiger partial charge in [-0.25, -0.2) is 0 Å². The molecule has 0 saturated heterocycles. The van der Waals surface area contributed by atoms with Crippen molar-refractivity contribution in [3.63, 3.8) is 0 Å². The summed E-state index contributed by atoms with van der Waals surface area (Å²) in [6, 6.07) is 17.3. The Labute approximate surface area is 152 Å². The van der Waals surface area contributed by atoms with Gasteiger partial charge in [0.05, 0.1) is 24.3 Å². The van der Waals surface area contributed by atoms with E-state index in [1.165, 1.54) is 16.0 Å².